The van der Waals surface area contributed by atoms with E-state index < -0.39 is 10.9 Å². The van der Waals surface area contributed by atoms with E-state index in [4.69, 9.17) is 16.7 Å². The molecule has 0 unspecified atom stereocenters. The molecule has 0 aliphatic heterocycles. The van der Waals surface area contributed by atoms with Crippen LogP contribution in [0.3, 0.4) is 0 Å². The molecular weight excluding hydrogens is 250 g/mol. The lowest BCUT2D eigenvalue weighted by atomic mass is 10.1. The van der Waals surface area contributed by atoms with Gasteiger partial charge in [-0.2, -0.15) is 0 Å². The van der Waals surface area contributed by atoms with E-state index in [1.54, 1.807) is 0 Å². The van der Waals surface area contributed by atoms with E-state index in [0.717, 1.165) is 6.07 Å². The molecule has 0 saturated heterocycles. The van der Waals surface area contributed by atoms with Crippen LogP contribution in [0, 0.1) is 10.1 Å². The van der Waals surface area contributed by atoms with E-state index in [0.29, 0.717) is 0 Å². The molecule has 0 aromatic heterocycles. The third kappa shape index (κ3) is 3.58. The van der Waals surface area contributed by atoms with Crippen LogP contribution in [0.1, 0.15) is 10.4 Å². The van der Waals surface area contributed by atoms with Crippen molar-refractivity contribution in [2.75, 3.05) is 19.4 Å². The number of nitrogens with zero attached hydrogens (tertiary/aromatic N) is 1. The van der Waals surface area contributed by atoms with Crippen LogP contribution in [-0.2, 0) is 0 Å². The molecule has 0 amide bonds. The summed E-state index contributed by atoms with van der Waals surface area (Å²) in [5, 5.41) is 21.8. The average Bonchev–Trinajstić information content (AvgIpc) is 2.30. The minimum atomic E-state index is -1.30. The van der Waals surface area contributed by atoms with Gasteiger partial charge in [0.05, 0.1) is 15.5 Å². The van der Waals surface area contributed by atoms with E-state index in [2.05, 4.69) is 11.1 Å². The van der Waals surface area contributed by atoms with Crippen molar-refractivity contribution in [3.63, 3.8) is 0 Å². The van der Waals surface area contributed by atoms with Gasteiger partial charge in [-0.3, -0.25) is 10.1 Å². The van der Waals surface area contributed by atoms with Crippen LogP contribution >= 0.6 is 11.6 Å². The molecule has 0 aliphatic rings. The number of nitrogens with two attached hydrogens (primary N) is 1. The number of aromatic carboxylic acids is 1. The van der Waals surface area contributed by atoms with E-state index >= 15 is 0 Å². The maximum absolute atomic E-state index is 10.7. The van der Waals surface area contributed by atoms with E-state index in [9.17, 15) is 14.9 Å². The first-order valence-electron chi connectivity index (χ1n) is 4.44. The van der Waals surface area contributed by atoms with Crippen molar-refractivity contribution in [1.82, 2.24) is 0 Å². The second-order valence-electron chi connectivity index (χ2n) is 2.66. The molecule has 1 aromatic rings. The van der Waals surface area contributed by atoms with E-state index in [1.165, 1.54) is 20.2 Å². The van der Waals surface area contributed by atoms with Crippen LogP contribution in [0.15, 0.2) is 12.1 Å². The van der Waals surface area contributed by atoms with Gasteiger partial charge in [0.1, 0.15) is 5.69 Å². The zero-order valence-corrected chi connectivity index (χ0v) is 9.99. The summed E-state index contributed by atoms with van der Waals surface area (Å²) in [5.41, 5.74) is 4.07. The summed E-state index contributed by atoms with van der Waals surface area (Å²) in [7, 11) is 2.99. The van der Waals surface area contributed by atoms with E-state index in [1.807, 2.05) is 0 Å². The molecule has 7 nitrogen and oxygen atoms in total. The number of nitrogens with one attached hydrogen (secondary N) is 1. The highest BCUT2D eigenvalue weighted by Crippen LogP contribution is 2.30. The molecule has 0 fully saturated rings. The topological polar surface area (TPSA) is 118 Å². The van der Waals surface area contributed by atoms with Crippen molar-refractivity contribution in [1.29, 1.82) is 0 Å². The number of rotatable bonds is 3. The third-order valence-corrected chi connectivity index (χ3v) is 2.09. The number of benzene rings is 1. The van der Waals surface area contributed by atoms with Gasteiger partial charge < -0.3 is 16.2 Å². The van der Waals surface area contributed by atoms with Gasteiger partial charge in [-0.15, -0.1) is 0 Å². The predicted octanol–water partition coefficient (Wildman–Crippen LogP) is 1.56. The number of nitro groups is 1. The van der Waals surface area contributed by atoms with E-state index in [-0.39, 0.29) is 22.0 Å². The molecule has 0 spiro atoms. The summed E-state index contributed by atoms with van der Waals surface area (Å²) >= 11 is 5.64. The van der Waals surface area contributed by atoms with Crippen molar-refractivity contribution in [2.24, 2.45) is 5.73 Å². The van der Waals surface area contributed by atoms with Gasteiger partial charge >= 0.3 is 5.97 Å². The second kappa shape index (κ2) is 6.66. The quantitative estimate of drug-likeness (QED) is 0.561. The minimum Gasteiger partial charge on any atom is -0.478 e. The fourth-order valence-corrected chi connectivity index (χ4v) is 1.32. The van der Waals surface area contributed by atoms with Crippen LogP contribution in [0.25, 0.3) is 0 Å². The summed E-state index contributed by atoms with van der Waals surface area (Å²) in [4.78, 5) is 20.6. The molecule has 4 N–H and O–H groups in total. The largest absolute Gasteiger partial charge is 0.478 e. The first-order valence-corrected chi connectivity index (χ1v) is 4.82. The molecular formula is C9H12ClN3O4. The summed E-state index contributed by atoms with van der Waals surface area (Å²) in [6, 6.07) is 2.14. The lowest BCUT2D eigenvalue weighted by Gasteiger charge is -2.04. The van der Waals surface area contributed by atoms with Crippen molar-refractivity contribution in [2.45, 2.75) is 0 Å². The molecule has 0 heterocycles. The molecule has 0 radical (unpaired) electrons. The molecule has 0 atom stereocenters. The molecule has 17 heavy (non-hydrogen) atoms. The smallest absolute Gasteiger partial charge is 0.337 e. The highest BCUT2D eigenvalue weighted by atomic mass is 35.5. The predicted molar refractivity (Wildman–Crippen MR) is 64.7 cm³/mol. The number of carbonyl (C=O) groups is 1. The molecule has 94 valence electrons. The fraction of sp³-hybridized carbons (Fsp3) is 0.222. The molecule has 1 rings (SSSR count). The highest BCUT2D eigenvalue weighted by Gasteiger charge is 2.19. The maximum Gasteiger partial charge on any atom is 0.337 e. The van der Waals surface area contributed by atoms with Gasteiger partial charge in [-0.05, 0) is 13.1 Å². The Kier molecular flexibility index (Phi) is 5.94. The number of anilines is 1. The number of carboxylic acid groups (broad SMARTS) is 1. The molecule has 0 saturated carbocycles. The standard InChI is InChI=1S/C8H7ClN2O4.CH5N/c1-10-6-3-5(9)4(8(12)13)2-7(6)11(14)15;1-2/h2-3,10H,1H3,(H,12,13);2H2,1H3. The Labute approximate surface area is 102 Å². The molecule has 0 aliphatic carbocycles. The van der Waals surface area contributed by atoms with Crippen LogP contribution < -0.4 is 11.1 Å². The van der Waals surface area contributed by atoms with Crippen molar-refractivity contribution < 1.29 is 14.8 Å². The van der Waals surface area contributed by atoms with Gasteiger partial charge in [0.2, 0.25) is 0 Å². The van der Waals surface area contributed by atoms with Crippen LogP contribution in [0.2, 0.25) is 5.02 Å². The molecule has 0 bridgehead atoms. The number of hydrogen-bond acceptors (Lipinski definition) is 5. The molecule has 8 heteroatoms. The lowest BCUT2D eigenvalue weighted by molar-refractivity contribution is -0.384. The number of hydrogen-bond donors (Lipinski definition) is 3. The summed E-state index contributed by atoms with van der Waals surface area (Å²) in [6.45, 7) is 0. The highest BCUT2D eigenvalue weighted by molar-refractivity contribution is 6.34. The second-order valence-corrected chi connectivity index (χ2v) is 3.07. The summed E-state index contributed by atoms with van der Waals surface area (Å²) in [5.74, 6) is -1.30. The average molecular weight is 262 g/mol. The number of halogens is 1. The van der Waals surface area contributed by atoms with Crippen molar-refractivity contribution in [3.05, 3.63) is 32.8 Å². The van der Waals surface area contributed by atoms with Gasteiger partial charge in [0, 0.05) is 13.1 Å². The Morgan fingerprint density at radius 2 is 2.06 bits per heavy atom. The third-order valence-electron chi connectivity index (χ3n) is 1.78. The Morgan fingerprint density at radius 1 is 1.53 bits per heavy atom. The lowest BCUT2D eigenvalue weighted by Crippen LogP contribution is -2.02. The molecule has 1 aromatic carbocycles. The fourth-order valence-electron chi connectivity index (χ4n) is 1.08. The zero-order chi connectivity index (χ0) is 13.6. The Morgan fingerprint density at radius 3 is 2.41 bits per heavy atom. The Hall–Kier alpha value is -1.86. The number of nitro benzene ring substituents is 1. The normalized spacial score (nSPS) is 8.94. The van der Waals surface area contributed by atoms with Crippen LogP contribution in [0.4, 0.5) is 11.4 Å². The van der Waals surface area contributed by atoms with Crippen LogP contribution in [0.5, 0.6) is 0 Å². The van der Waals surface area contributed by atoms with Gasteiger partial charge in [0.15, 0.2) is 0 Å². The van der Waals surface area contributed by atoms with Gasteiger partial charge in [-0.1, -0.05) is 11.6 Å². The summed E-state index contributed by atoms with van der Waals surface area (Å²) in [6.07, 6.45) is 0. The maximum atomic E-state index is 10.7. The van der Waals surface area contributed by atoms with Gasteiger partial charge in [-0.25, -0.2) is 4.79 Å². The first kappa shape index (κ1) is 15.1. The van der Waals surface area contributed by atoms with Crippen molar-refractivity contribution in [3.8, 4) is 0 Å². The Balaban J connectivity index is 0.00000121. The minimum absolute atomic E-state index is 0.0440. The van der Waals surface area contributed by atoms with Gasteiger partial charge in [0.25, 0.3) is 5.69 Å². The number of carboxylic acids is 1. The zero-order valence-electron chi connectivity index (χ0n) is 9.23. The monoisotopic (exact) mass is 261 g/mol. The van der Waals surface area contributed by atoms with Crippen LogP contribution in [-0.4, -0.2) is 30.1 Å². The SMILES string of the molecule is CN.CNc1cc(Cl)c(C(=O)O)cc1[N+](=O)[O-]. The van der Waals surface area contributed by atoms with Crippen molar-refractivity contribution >= 4 is 28.9 Å². The first-order chi connectivity index (χ1) is 7.97. The Bertz CT molecular complexity index is 436. The summed E-state index contributed by atoms with van der Waals surface area (Å²) < 4.78 is 0.